The quantitative estimate of drug-likeness (QED) is 0.854. The van der Waals surface area contributed by atoms with E-state index in [0.29, 0.717) is 17.9 Å². The van der Waals surface area contributed by atoms with E-state index < -0.39 is 22.4 Å². The van der Waals surface area contributed by atoms with Gasteiger partial charge in [0, 0.05) is 6.07 Å². The maximum absolute atomic E-state index is 12.5. The number of benzene rings is 1. The lowest BCUT2D eigenvalue weighted by molar-refractivity contribution is -0.0501. The summed E-state index contributed by atoms with van der Waals surface area (Å²) >= 11 is 0. The number of aryl methyl sites for hydroxylation is 1. The van der Waals surface area contributed by atoms with E-state index in [1.807, 2.05) is 0 Å². The first kappa shape index (κ1) is 18.3. The molecule has 0 spiro atoms. The number of ether oxygens (including phenoxy) is 1. The van der Waals surface area contributed by atoms with Crippen LogP contribution >= 0.6 is 0 Å². The van der Waals surface area contributed by atoms with Gasteiger partial charge in [-0.1, -0.05) is 12.1 Å². The van der Waals surface area contributed by atoms with Gasteiger partial charge in [-0.25, -0.2) is 13.1 Å². The number of hydrogen-bond donors (Lipinski definition) is 1. The Hall–Kier alpha value is -2.49. The summed E-state index contributed by atoms with van der Waals surface area (Å²) in [4.78, 5) is 12.5. The molecule has 1 unspecified atom stereocenters. The zero-order valence-corrected chi connectivity index (χ0v) is 14.7. The molecule has 1 aliphatic heterocycles. The van der Waals surface area contributed by atoms with Crippen LogP contribution in [0.25, 0.3) is 0 Å². The number of rotatable bonds is 5. The molecule has 2 aromatic rings. The van der Waals surface area contributed by atoms with Crippen molar-refractivity contribution in [3.05, 3.63) is 41.6 Å². The molecular formula is C16H17F2N3O4S. The zero-order valence-electron chi connectivity index (χ0n) is 13.9. The Kier molecular flexibility index (Phi) is 4.94. The number of amides is 1. The summed E-state index contributed by atoms with van der Waals surface area (Å²) in [5.41, 5.74) is 0.541. The van der Waals surface area contributed by atoms with Gasteiger partial charge in [0.25, 0.3) is 5.91 Å². The van der Waals surface area contributed by atoms with Crippen LogP contribution in [0.5, 0.6) is 5.75 Å². The fourth-order valence-electron chi connectivity index (χ4n) is 2.89. The molecule has 0 aliphatic carbocycles. The van der Waals surface area contributed by atoms with Crippen LogP contribution in [-0.2, 0) is 9.84 Å². The van der Waals surface area contributed by atoms with Gasteiger partial charge < -0.3 is 10.1 Å². The van der Waals surface area contributed by atoms with Crippen LogP contribution in [0.15, 0.2) is 30.3 Å². The highest BCUT2D eigenvalue weighted by molar-refractivity contribution is 7.91. The number of carbonyl (C=O) groups excluding carboxylic acids is 1. The summed E-state index contributed by atoms with van der Waals surface area (Å²) < 4.78 is 54.3. The Morgan fingerprint density at radius 2 is 2.12 bits per heavy atom. The van der Waals surface area contributed by atoms with E-state index in [4.69, 9.17) is 0 Å². The summed E-state index contributed by atoms with van der Waals surface area (Å²) in [5.74, 6) is -0.576. The maximum atomic E-state index is 12.5. The first-order valence-corrected chi connectivity index (χ1v) is 9.69. The average Bonchev–Trinajstić information content (AvgIpc) is 3.09. The zero-order chi connectivity index (χ0) is 18.9. The molecular weight excluding hydrogens is 368 g/mol. The third kappa shape index (κ3) is 4.01. The minimum Gasteiger partial charge on any atom is -0.434 e. The summed E-state index contributed by atoms with van der Waals surface area (Å²) in [6.07, 6.45) is 0.400. The third-order valence-corrected chi connectivity index (χ3v) is 5.75. The van der Waals surface area contributed by atoms with Crippen molar-refractivity contribution in [2.24, 2.45) is 0 Å². The number of para-hydroxylation sites is 1. The van der Waals surface area contributed by atoms with Crippen molar-refractivity contribution in [1.82, 2.24) is 9.78 Å². The first-order chi connectivity index (χ1) is 12.2. The van der Waals surface area contributed by atoms with Crippen molar-refractivity contribution in [2.45, 2.75) is 26.0 Å². The molecule has 1 amide bonds. The van der Waals surface area contributed by atoms with E-state index in [-0.39, 0.29) is 28.9 Å². The second-order valence-corrected chi connectivity index (χ2v) is 8.23. The van der Waals surface area contributed by atoms with E-state index in [2.05, 4.69) is 15.2 Å². The summed E-state index contributed by atoms with van der Waals surface area (Å²) in [6.45, 7) is -1.34. The van der Waals surface area contributed by atoms with Gasteiger partial charge in [-0.3, -0.25) is 4.79 Å². The maximum Gasteiger partial charge on any atom is 0.387 e. The molecule has 0 saturated carbocycles. The number of hydrogen-bond acceptors (Lipinski definition) is 5. The Bertz CT molecular complexity index is 927. The number of nitrogens with one attached hydrogen (secondary N) is 1. The largest absolute Gasteiger partial charge is 0.434 e. The fraction of sp³-hybridized carbons (Fsp3) is 0.375. The summed E-state index contributed by atoms with van der Waals surface area (Å²) in [5, 5.41) is 6.87. The van der Waals surface area contributed by atoms with Crippen LogP contribution in [0, 0.1) is 6.92 Å². The Morgan fingerprint density at radius 1 is 1.38 bits per heavy atom. The average molecular weight is 385 g/mol. The van der Waals surface area contributed by atoms with Gasteiger partial charge in [0.15, 0.2) is 9.84 Å². The van der Waals surface area contributed by atoms with Crippen LogP contribution < -0.4 is 10.1 Å². The van der Waals surface area contributed by atoms with E-state index in [1.54, 1.807) is 13.0 Å². The predicted octanol–water partition coefficient (Wildman–Crippen LogP) is 2.40. The number of aromatic nitrogens is 2. The van der Waals surface area contributed by atoms with E-state index in [1.165, 1.54) is 28.9 Å². The number of carbonyl (C=O) groups is 1. The Balaban J connectivity index is 1.85. The van der Waals surface area contributed by atoms with Crippen LogP contribution in [0.2, 0.25) is 0 Å². The predicted molar refractivity (Wildman–Crippen MR) is 90.3 cm³/mol. The van der Waals surface area contributed by atoms with Crippen LogP contribution in [0.4, 0.5) is 14.6 Å². The van der Waals surface area contributed by atoms with Crippen LogP contribution in [0.1, 0.15) is 28.5 Å². The highest BCUT2D eigenvalue weighted by Gasteiger charge is 2.31. The Morgan fingerprint density at radius 3 is 2.77 bits per heavy atom. The van der Waals surface area contributed by atoms with Gasteiger partial charge in [-0.05, 0) is 25.5 Å². The van der Waals surface area contributed by atoms with Crippen LogP contribution in [-0.4, -0.2) is 42.2 Å². The normalized spacial score (nSPS) is 18.8. The lowest BCUT2D eigenvalue weighted by Gasteiger charge is -2.15. The van der Waals surface area contributed by atoms with Gasteiger partial charge >= 0.3 is 6.61 Å². The molecule has 1 N–H and O–H groups in total. The molecule has 0 bridgehead atoms. The molecule has 26 heavy (non-hydrogen) atoms. The van der Waals surface area contributed by atoms with Crippen molar-refractivity contribution in [3.8, 4) is 5.75 Å². The molecule has 3 rings (SSSR count). The number of nitrogens with zero attached hydrogens (tertiary/aromatic N) is 2. The molecule has 2 heterocycles. The van der Waals surface area contributed by atoms with Crippen molar-refractivity contribution in [3.63, 3.8) is 0 Å². The minimum atomic E-state index is -3.13. The standard InChI is InChI=1S/C16H17F2N3O4S/c1-10-8-14(21(20-10)11-6-7-26(23,24)9-11)19-15(22)12-4-2-3-5-13(12)25-16(17)18/h2-5,8,11,16H,6-7,9H2,1H3,(H,19,22). The third-order valence-electron chi connectivity index (χ3n) is 4.00. The molecule has 1 atom stereocenters. The van der Waals surface area contributed by atoms with E-state index in [0.717, 1.165) is 0 Å². The summed E-state index contributed by atoms with van der Waals surface area (Å²) in [7, 11) is -3.13. The summed E-state index contributed by atoms with van der Waals surface area (Å²) in [6, 6.07) is 6.86. The lowest BCUT2D eigenvalue weighted by atomic mass is 10.2. The molecule has 1 aromatic carbocycles. The SMILES string of the molecule is Cc1cc(NC(=O)c2ccccc2OC(F)F)n(C2CCS(=O)(=O)C2)n1. The molecule has 1 aliphatic rings. The van der Waals surface area contributed by atoms with Gasteiger partial charge in [0.05, 0.1) is 28.8 Å². The fourth-order valence-corrected chi connectivity index (χ4v) is 4.59. The lowest BCUT2D eigenvalue weighted by Crippen LogP contribution is -2.20. The van der Waals surface area contributed by atoms with Gasteiger partial charge in [0.1, 0.15) is 11.6 Å². The smallest absolute Gasteiger partial charge is 0.387 e. The highest BCUT2D eigenvalue weighted by atomic mass is 32.2. The van der Waals surface area contributed by atoms with E-state index in [9.17, 15) is 22.0 Å². The second kappa shape index (κ2) is 7.02. The second-order valence-electron chi connectivity index (χ2n) is 6.00. The molecule has 7 nitrogen and oxygen atoms in total. The number of alkyl halides is 2. The van der Waals surface area contributed by atoms with Crippen LogP contribution in [0.3, 0.4) is 0 Å². The Labute approximate surface area is 148 Å². The number of sulfone groups is 1. The van der Waals surface area contributed by atoms with Gasteiger partial charge in [-0.15, -0.1) is 0 Å². The van der Waals surface area contributed by atoms with Crippen molar-refractivity contribution in [1.29, 1.82) is 0 Å². The molecule has 140 valence electrons. The number of anilines is 1. The minimum absolute atomic E-state index is 0.0535. The van der Waals surface area contributed by atoms with Gasteiger partial charge in [-0.2, -0.15) is 13.9 Å². The number of halogens is 2. The molecule has 1 saturated heterocycles. The van der Waals surface area contributed by atoms with Crippen molar-refractivity contribution >= 4 is 21.6 Å². The molecule has 10 heteroatoms. The molecule has 1 aromatic heterocycles. The highest BCUT2D eigenvalue weighted by Crippen LogP contribution is 2.28. The molecule has 0 radical (unpaired) electrons. The van der Waals surface area contributed by atoms with Crippen molar-refractivity contribution in [2.75, 3.05) is 16.8 Å². The monoisotopic (exact) mass is 385 g/mol. The van der Waals surface area contributed by atoms with Gasteiger partial charge in [0.2, 0.25) is 0 Å². The van der Waals surface area contributed by atoms with E-state index >= 15 is 0 Å². The topological polar surface area (TPSA) is 90.3 Å². The molecule has 1 fully saturated rings. The first-order valence-electron chi connectivity index (χ1n) is 7.87. The van der Waals surface area contributed by atoms with Crippen molar-refractivity contribution < 1.29 is 26.7 Å².